The second kappa shape index (κ2) is 7.12. The third kappa shape index (κ3) is 4.46. The Morgan fingerprint density at radius 1 is 1.56 bits per heavy atom. The lowest BCUT2D eigenvalue weighted by molar-refractivity contribution is 0.0734. The van der Waals surface area contributed by atoms with Crippen molar-refractivity contribution in [1.82, 2.24) is 9.88 Å². The molecule has 4 nitrogen and oxygen atoms in total. The molecule has 0 radical (unpaired) electrons. The minimum atomic E-state index is -0.119. The summed E-state index contributed by atoms with van der Waals surface area (Å²) >= 11 is 3.28. The lowest BCUT2D eigenvalue weighted by Gasteiger charge is -2.23. The summed E-state index contributed by atoms with van der Waals surface area (Å²) in [5, 5.41) is 8.63. The fourth-order valence-corrected chi connectivity index (χ4v) is 1.80. The number of hydrogen-bond acceptors (Lipinski definition) is 3. The molecule has 0 aliphatic carbocycles. The van der Waals surface area contributed by atoms with Crippen molar-refractivity contribution in [3.05, 3.63) is 28.5 Å². The molecule has 0 aromatic carbocycles. The minimum absolute atomic E-state index is 0.119. The molecule has 1 amide bonds. The van der Waals surface area contributed by atoms with E-state index in [1.807, 2.05) is 13.8 Å². The summed E-state index contributed by atoms with van der Waals surface area (Å²) in [6.07, 6.45) is 1.94. The van der Waals surface area contributed by atoms with Crippen LogP contribution in [0.1, 0.15) is 30.8 Å². The van der Waals surface area contributed by atoms with Gasteiger partial charge in [0.15, 0.2) is 0 Å². The van der Waals surface area contributed by atoms with E-state index in [-0.39, 0.29) is 5.91 Å². The van der Waals surface area contributed by atoms with Gasteiger partial charge in [0.05, 0.1) is 12.5 Å². The van der Waals surface area contributed by atoms with Gasteiger partial charge in [-0.25, -0.2) is 4.98 Å². The van der Waals surface area contributed by atoms with Crippen LogP contribution in [0.4, 0.5) is 0 Å². The molecular formula is C13H16BrN3O. The highest BCUT2D eigenvalue weighted by atomic mass is 79.9. The number of nitrogens with zero attached hydrogens (tertiary/aromatic N) is 3. The number of pyridine rings is 1. The fourth-order valence-electron chi connectivity index (χ4n) is 1.57. The average molecular weight is 310 g/mol. The van der Waals surface area contributed by atoms with Crippen LogP contribution in [-0.2, 0) is 0 Å². The zero-order valence-electron chi connectivity index (χ0n) is 10.6. The second-order valence-corrected chi connectivity index (χ2v) is 5.33. The van der Waals surface area contributed by atoms with Crippen LogP contribution in [0.2, 0.25) is 0 Å². The number of aromatic nitrogens is 1. The van der Waals surface area contributed by atoms with Crippen molar-refractivity contribution in [2.45, 2.75) is 20.3 Å². The quantitative estimate of drug-likeness (QED) is 0.840. The second-order valence-electron chi connectivity index (χ2n) is 4.41. The lowest BCUT2D eigenvalue weighted by Crippen LogP contribution is -2.35. The molecule has 1 aromatic rings. The fraction of sp³-hybridized carbons (Fsp3) is 0.462. The first-order chi connectivity index (χ1) is 8.54. The lowest BCUT2D eigenvalue weighted by atomic mass is 10.2. The smallest absolute Gasteiger partial charge is 0.272 e. The van der Waals surface area contributed by atoms with Gasteiger partial charge in [-0.15, -0.1) is 0 Å². The topological polar surface area (TPSA) is 57.0 Å². The molecule has 0 aliphatic rings. The van der Waals surface area contributed by atoms with Crippen LogP contribution in [0.25, 0.3) is 0 Å². The Morgan fingerprint density at radius 2 is 2.28 bits per heavy atom. The van der Waals surface area contributed by atoms with Crippen LogP contribution >= 0.6 is 15.9 Å². The number of carbonyl (C=O) groups is 1. The zero-order valence-corrected chi connectivity index (χ0v) is 12.1. The third-order valence-electron chi connectivity index (χ3n) is 2.31. The van der Waals surface area contributed by atoms with Crippen molar-refractivity contribution < 1.29 is 4.79 Å². The molecule has 0 fully saturated rings. The summed E-state index contributed by atoms with van der Waals surface area (Å²) in [5.41, 5.74) is 0.414. The van der Waals surface area contributed by atoms with Gasteiger partial charge in [-0.05, 0) is 34.0 Å². The van der Waals surface area contributed by atoms with Gasteiger partial charge in [0.2, 0.25) is 0 Å². The highest BCUT2D eigenvalue weighted by Gasteiger charge is 2.17. The van der Waals surface area contributed by atoms with E-state index in [4.69, 9.17) is 5.26 Å². The molecule has 0 aliphatic heterocycles. The van der Waals surface area contributed by atoms with E-state index < -0.39 is 0 Å². The Hall–Kier alpha value is -1.41. The molecule has 0 saturated heterocycles. The van der Waals surface area contributed by atoms with Gasteiger partial charge in [-0.3, -0.25) is 4.79 Å². The van der Waals surface area contributed by atoms with Gasteiger partial charge < -0.3 is 4.90 Å². The van der Waals surface area contributed by atoms with Crippen molar-refractivity contribution in [3.8, 4) is 6.07 Å². The summed E-state index contributed by atoms with van der Waals surface area (Å²) in [5.74, 6) is 0.245. The maximum Gasteiger partial charge on any atom is 0.272 e. The van der Waals surface area contributed by atoms with E-state index in [1.165, 1.54) is 0 Å². The van der Waals surface area contributed by atoms with Crippen LogP contribution in [-0.4, -0.2) is 28.9 Å². The van der Waals surface area contributed by atoms with Gasteiger partial charge >= 0.3 is 0 Å². The highest BCUT2D eigenvalue weighted by molar-refractivity contribution is 9.10. The summed E-state index contributed by atoms with van der Waals surface area (Å²) in [6.45, 7) is 5.17. The molecule has 96 valence electrons. The Kier molecular flexibility index (Phi) is 5.79. The molecule has 1 rings (SSSR count). The van der Waals surface area contributed by atoms with Gasteiger partial charge in [-0.2, -0.15) is 5.26 Å². The largest absolute Gasteiger partial charge is 0.336 e. The van der Waals surface area contributed by atoms with Crippen molar-refractivity contribution in [3.63, 3.8) is 0 Å². The Bertz CT molecular complexity index is 437. The maximum atomic E-state index is 12.2. The van der Waals surface area contributed by atoms with Gasteiger partial charge in [0.1, 0.15) is 5.69 Å². The van der Waals surface area contributed by atoms with Gasteiger partial charge in [0, 0.05) is 23.8 Å². The molecule has 0 atom stereocenters. The maximum absolute atomic E-state index is 12.2. The predicted molar refractivity (Wildman–Crippen MR) is 72.9 cm³/mol. The van der Waals surface area contributed by atoms with Crippen LogP contribution in [0.15, 0.2) is 22.8 Å². The third-order valence-corrected chi connectivity index (χ3v) is 2.78. The molecular weight excluding hydrogens is 294 g/mol. The minimum Gasteiger partial charge on any atom is -0.336 e. The molecule has 0 unspecified atom stereocenters. The Balaban J connectivity index is 2.81. The number of hydrogen-bond donors (Lipinski definition) is 0. The first kappa shape index (κ1) is 14.7. The van der Waals surface area contributed by atoms with E-state index in [0.29, 0.717) is 31.1 Å². The summed E-state index contributed by atoms with van der Waals surface area (Å²) in [7, 11) is 0. The number of amides is 1. The first-order valence-corrected chi connectivity index (χ1v) is 6.61. The molecule has 1 heterocycles. The van der Waals surface area contributed by atoms with Gasteiger partial charge in [0.25, 0.3) is 5.91 Å². The Morgan fingerprint density at radius 3 is 2.78 bits per heavy atom. The van der Waals surface area contributed by atoms with Crippen molar-refractivity contribution in [1.29, 1.82) is 5.26 Å². The van der Waals surface area contributed by atoms with Crippen LogP contribution in [0, 0.1) is 17.2 Å². The number of nitriles is 1. The summed E-state index contributed by atoms with van der Waals surface area (Å²) in [6, 6.07) is 5.54. The molecule has 18 heavy (non-hydrogen) atoms. The van der Waals surface area contributed by atoms with Crippen molar-refractivity contribution in [2.75, 3.05) is 13.1 Å². The van der Waals surface area contributed by atoms with Crippen molar-refractivity contribution in [2.24, 2.45) is 5.92 Å². The average Bonchev–Trinajstić information content (AvgIpc) is 2.34. The molecule has 0 spiro atoms. The molecule has 1 aromatic heterocycles. The standard InChI is InChI=1S/C13H16BrN3O/c1-10(2)9-17(7-3-6-15)13(18)12-5-4-11(14)8-16-12/h4-5,8,10H,3,7,9H2,1-2H3. The van der Waals surface area contributed by atoms with E-state index in [2.05, 4.69) is 27.0 Å². The van der Waals surface area contributed by atoms with Crippen molar-refractivity contribution >= 4 is 21.8 Å². The van der Waals surface area contributed by atoms with E-state index in [0.717, 1.165) is 4.47 Å². The van der Waals surface area contributed by atoms with E-state index in [9.17, 15) is 4.79 Å². The Labute approximate surface area is 116 Å². The molecule has 5 heteroatoms. The summed E-state index contributed by atoms with van der Waals surface area (Å²) in [4.78, 5) is 18.0. The molecule has 0 saturated carbocycles. The normalized spacial score (nSPS) is 10.2. The van der Waals surface area contributed by atoms with E-state index >= 15 is 0 Å². The molecule has 0 bridgehead atoms. The number of halogens is 1. The molecule has 0 N–H and O–H groups in total. The first-order valence-electron chi connectivity index (χ1n) is 5.82. The van der Waals surface area contributed by atoms with Crippen LogP contribution < -0.4 is 0 Å². The number of rotatable bonds is 5. The predicted octanol–water partition coefficient (Wildman–Crippen LogP) is 2.86. The van der Waals surface area contributed by atoms with Crippen LogP contribution in [0.5, 0.6) is 0 Å². The summed E-state index contributed by atoms with van der Waals surface area (Å²) < 4.78 is 0.839. The highest BCUT2D eigenvalue weighted by Crippen LogP contribution is 2.10. The monoisotopic (exact) mass is 309 g/mol. The number of carbonyl (C=O) groups excluding carboxylic acids is 1. The van der Waals surface area contributed by atoms with Gasteiger partial charge in [-0.1, -0.05) is 13.8 Å². The van der Waals surface area contributed by atoms with E-state index in [1.54, 1.807) is 23.2 Å². The van der Waals surface area contributed by atoms with Crippen LogP contribution in [0.3, 0.4) is 0 Å². The SMILES string of the molecule is CC(C)CN(CCC#N)C(=O)c1ccc(Br)cn1. The zero-order chi connectivity index (χ0) is 13.5.